The van der Waals surface area contributed by atoms with Crippen molar-refractivity contribution < 1.29 is 9.47 Å². The predicted octanol–water partition coefficient (Wildman–Crippen LogP) is 1.47. The summed E-state index contributed by atoms with van der Waals surface area (Å²) in [4.78, 5) is 0. The molecule has 3 N–H and O–H groups in total. The van der Waals surface area contributed by atoms with Gasteiger partial charge < -0.3 is 9.47 Å². The maximum absolute atomic E-state index is 5.76. The predicted molar refractivity (Wildman–Crippen MR) is 76.6 cm³/mol. The van der Waals surface area contributed by atoms with Gasteiger partial charge in [-0.2, -0.15) is 5.10 Å². The molecule has 6 heteroatoms. The molecule has 20 heavy (non-hydrogen) atoms. The maximum Gasteiger partial charge on any atom is 0.161 e. The number of nitrogens with two attached hydrogens (primary N) is 1. The van der Waals surface area contributed by atoms with E-state index in [0.29, 0.717) is 5.75 Å². The lowest BCUT2D eigenvalue weighted by Crippen LogP contribution is -2.31. The molecule has 0 fully saturated rings. The van der Waals surface area contributed by atoms with Crippen LogP contribution in [-0.2, 0) is 6.54 Å². The SMILES string of the molecule is CCn1ncc(OC)c1C(NN)c1ccccc1OC. The molecule has 108 valence electrons. The van der Waals surface area contributed by atoms with Gasteiger partial charge in [0.1, 0.15) is 11.4 Å². The highest BCUT2D eigenvalue weighted by molar-refractivity contribution is 5.43. The van der Waals surface area contributed by atoms with E-state index in [4.69, 9.17) is 15.3 Å². The van der Waals surface area contributed by atoms with Gasteiger partial charge in [-0.05, 0) is 13.0 Å². The first-order chi connectivity index (χ1) is 9.76. The molecular weight excluding hydrogens is 256 g/mol. The van der Waals surface area contributed by atoms with E-state index in [-0.39, 0.29) is 6.04 Å². The summed E-state index contributed by atoms with van der Waals surface area (Å²) in [5, 5.41) is 4.31. The molecule has 6 nitrogen and oxygen atoms in total. The van der Waals surface area contributed by atoms with Crippen LogP contribution in [-0.4, -0.2) is 24.0 Å². The van der Waals surface area contributed by atoms with E-state index in [1.54, 1.807) is 20.4 Å². The van der Waals surface area contributed by atoms with Crippen molar-refractivity contribution in [2.24, 2.45) is 5.84 Å². The molecule has 1 unspecified atom stereocenters. The Labute approximate surface area is 118 Å². The number of hydrogen-bond donors (Lipinski definition) is 2. The molecule has 2 rings (SSSR count). The smallest absolute Gasteiger partial charge is 0.161 e. The minimum absolute atomic E-state index is 0.261. The fourth-order valence-electron chi connectivity index (χ4n) is 2.30. The van der Waals surface area contributed by atoms with Crippen LogP contribution in [0.4, 0.5) is 0 Å². The molecule has 0 aliphatic rings. The summed E-state index contributed by atoms with van der Waals surface area (Å²) in [5.41, 5.74) is 4.64. The van der Waals surface area contributed by atoms with Crippen LogP contribution in [0.2, 0.25) is 0 Å². The zero-order chi connectivity index (χ0) is 14.5. The topological polar surface area (TPSA) is 74.3 Å². The van der Waals surface area contributed by atoms with Crippen LogP contribution in [0.15, 0.2) is 30.5 Å². The quantitative estimate of drug-likeness (QED) is 0.617. The molecule has 0 saturated heterocycles. The number of nitrogens with one attached hydrogen (secondary N) is 1. The van der Waals surface area contributed by atoms with Gasteiger partial charge >= 0.3 is 0 Å². The summed E-state index contributed by atoms with van der Waals surface area (Å²) >= 11 is 0. The van der Waals surface area contributed by atoms with Gasteiger partial charge in [0.2, 0.25) is 0 Å². The fraction of sp³-hybridized carbons (Fsp3) is 0.357. The summed E-state index contributed by atoms with van der Waals surface area (Å²) in [6.07, 6.45) is 1.69. The first-order valence-electron chi connectivity index (χ1n) is 6.45. The molecular formula is C14H20N4O2. The zero-order valence-corrected chi connectivity index (χ0v) is 12.0. The van der Waals surface area contributed by atoms with Crippen molar-refractivity contribution in [3.8, 4) is 11.5 Å². The number of nitrogens with zero attached hydrogens (tertiary/aromatic N) is 2. The van der Waals surface area contributed by atoms with Crippen molar-refractivity contribution in [2.75, 3.05) is 14.2 Å². The minimum Gasteiger partial charge on any atom is -0.496 e. The van der Waals surface area contributed by atoms with Crippen molar-refractivity contribution in [1.29, 1.82) is 0 Å². The van der Waals surface area contributed by atoms with E-state index in [2.05, 4.69) is 10.5 Å². The lowest BCUT2D eigenvalue weighted by atomic mass is 10.0. The highest BCUT2D eigenvalue weighted by atomic mass is 16.5. The normalized spacial score (nSPS) is 12.2. The van der Waals surface area contributed by atoms with E-state index in [9.17, 15) is 0 Å². The molecule has 0 bridgehead atoms. The largest absolute Gasteiger partial charge is 0.496 e. The maximum atomic E-state index is 5.76. The van der Waals surface area contributed by atoms with Gasteiger partial charge in [-0.25, -0.2) is 5.43 Å². The van der Waals surface area contributed by atoms with E-state index in [0.717, 1.165) is 23.6 Å². The Morgan fingerprint density at radius 3 is 2.55 bits per heavy atom. The molecule has 0 saturated carbocycles. The molecule has 2 aromatic rings. The van der Waals surface area contributed by atoms with Gasteiger partial charge in [-0.3, -0.25) is 10.5 Å². The number of methoxy groups -OCH3 is 2. The summed E-state index contributed by atoms with van der Waals surface area (Å²) in [6, 6.07) is 7.48. The first kappa shape index (κ1) is 14.4. The monoisotopic (exact) mass is 276 g/mol. The van der Waals surface area contributed by atoms with Gasteiger partial charge in [0, 0.05) is 12.1 Å². The van der Waals surface area contributed by atoms with Gasteiger partial charge in [0.15, 0.2) is 5.75 Å². The standard InChI is InChI=1S/C14H20N4O2/c1-4-18-14(12(20-3)9-16-18)13(17-15)10-7-5-6-8-11(10)19-2/h5-9,13,17H,4,15H2,1-3H3. The van der Waals surface area contributed by atoms with E-state index in [1.807, 2.05) is 35.9 Å². The Balaban J connectivity index is 2.55. The van der Waals surface area contributed by atoms with E-state index < -0.39 is 0 Å². The number of hydrazine groups is 1. The summed E-state index contributed by atoms with van der Waals surface area (Å²) < 4.78 is 12.7. The van der Waals surface area contributed by atoms with Crippen LogP contribution in [0.5, 0.6) is 11.5 Å². The molecule has 1 heterocycles. The number of aryl methyl sites for hydroxylation is 1. The highest BCUT2D eigenvalue weighted by Gasteiger charge is 2.24. The van der Waals surface area contributed by atoms with Gasteiger partial charge in [0.25, 0.3) is 0 Å². The van der Waals surface area contributed by atoms with Crippen molar-refractivity contribution in [2.45, 2.75) is 19.5 Å². The second kappa shape index (κ2) is 6.40. The molecule has 0 aliphatic carbocycles. The van der Waals surface area contributed by atoms with Gasteiger partial charge in [0.05, 0.1) is 26.5 Å². The molecule has 1 atom stereocenters. The van der Waals surface area contributed by atoms with Crippen molar-refractivity contribution in [1.82, 2.24) is 15.2 Å². The summed E-state index contributed by atoms with van der Waals surface area (Å²) in [6.45, 7) is 2.75. The average molecular weight is 276 g/mol. The Morgan fingerprint density at radius 1 is 1.25 bits per heavy atom. The van der Waals surface area contributed by atoms with Crippen LogP contribution in [0.25, 0.3) is 0 Å². The van der Waals surface area contributed by atoms with Crippen LogP contribution in [0, 0.1) is 0 Å². The van der Waals surface area contributed by atoms with Crippen molar-refractivity contribution >= 4 is 0 Å². The lowest BCUT2D eigenvalue weighted by Gasteiger charge is -2.21. The number of aromatic nitrogens is 2. The molecule has 0 aliphatic heterocycles. The van der Waals surface area contributed by atoms with Gasteiger partial charge in [-0.15, -0.1) is 0 Å². The summed E-state index contributed by atoms with van der Waals surface area (Å²) in [5.74, 6) is 7.22. The van der Waals surface area contributed by atoms with Gasteiger partial charge in [-0.1, -0.05) is 18.2 Å². The first-order valence-corrected chi connectivity index (χ1v) is 6.45. The van der Waals surface area contributed by atoms with E-state index >= 15 is 0 Å². The Bertz CT molecular complexity index is 547. The number of para-hydroxylation sites is 1. The van der Waals surface area contributed by atoms with Crippen LogP contribution in [0.3, 0.4) is 0 Å². The van der Waals surface area contributed by atoms with Crippen molar-refractivity contribution in [3.05, 3.63) is 41.7 Å². The third-order valence-corrected chi connectivity index (χ3v) is 3.25. The van der Waals surface area contributed by atoms with E-state index in [1.165, 1.54) is 0 Å². The molecule has 0 spiro atoms. The molecule has 1 aromatic carbocycles. The minimum atomic E-state index is -0.261. The Hall–Kier alpha value is -2.05. The second-order valence-corrected chi connectivity index (χ2v) is 4.26. The number of rotatable bonds is 6. The number of hydrogen-bond acceptors (Lipinski definition) is 5. The summed E-state index contributed by atoms with van der Waals surface area (Å²) in [7, 11) is 3.26. The van der Waals surface area contributed by atoms with Crippen LogP contribution >= 0.6 is 0 Å². The molecule has 1 aromatic heterocycles. The fourth-order valence-corrected chi connectivity index (χ4v) is 2.30. The number of benzene rings is 1. The van der Waals surface area contributed by atoms with Crippen LogP contribution in [0.1, 0.15) is 24.2 Å². The average Bonchev–Trinajstić information content (AvgIpc) is 2.91. The second-order valence-electron chi connectivity index (χ2n) is 4.26. The molecule has 0 amide bonds. The van der Waals surface area contributed by atoms with Crippen LogP contribution < -0.4 is 20.7 Å². The zero-order valence-electron chi connectivity index (χ0n) is 12.0. The molecule has 0 radical (unpaired) electrons. The third-order valence-electron chi connectivity index (χ3n) is 3.25. The lowest BCUT2D eigenvalue weighted by molar-refractivity contribution is 0.388. The Morgan fingerprint density at radius 2 is 1.95 bits per heavy atom. The van der Waals surface area contributed by atoms with Crippen molar-refractivity contribution in [3.63, 3.8) is 0 Å². The highest BCUT2D eigenvalue weighted by Crippen LogP contribution is 2.34. The Kier molecular flexibility index (Phi) is 4.60. The number of ether oxygens (including phenoxy) is 2. The third kappa shape index (κ3) is 2.48.